The van der Waals surface area contributed by atoms with E-state index in [1.807, 2.05) is 0 Å². The topological polar surface area (TPSA) is 84.5 Å². The fourth-order valence-electron chi connectivity index (χ4n) is 2.16. The summed E-state index contributed by atoms with van der Waals surface area (Å²) in [6.07, 6.45) is 2.84. The number of ether oxygens (including phenoxy) is 1. The van der Waals surface area contributed by atoms with Crippen molar-refractivity contribution >= 4 is 23.5 Å². The minimum atomic E-state index is -0.489. The zero-order chi connectivity index (χ0) is 15.9. The first-order chi connectivity index (χ1) is 10.6. The second-order valence-corrected chi connectivity index (χ2v) is 5.16. The van der Waals surface area contributed by atoms with Gasteiger partial charge in [0.1, 0.15) is 0 Å². The molecule has 0 unspecified atom stereocenters. The molecule has 0 radical (unpaired) electrons. The van der Waals surface area contributed by atoms with Gasteiger partial charge in [-0.3, -0.25) is 9.59 Å². The molecule has 0 atom stereocenters. The Morgan fingerprint density at radius 2 is 1.95 bits per heavy atom. The third-order valence-corrected chi connectivity index (χ3v) is 3.60. The molecule has 0 aromatic heterocycles. The lowest BCUT2D eigenvalue weighted by Crippen LogP contribution is -2.39. The van der Waals surface area contributed by atoms with Gasteiger partial charge in [0.2, 0.25) is 11.8 Å². The number of benzene rings is 1. The van der Waals surface area contributed by atoms with E-state index in [9.17, 15) is 14.4 Å². The minimum absolute atomic E-state index is 0.0413. The first-order valence-electron chi connectivity index (χ1n) is 7.45. The SMILES string of the molecule is CCOC(=O)c1ccccc1NC(=O)CNC(=O)C1CCC1. The van der Waals surface area contributed by atoms with Gasteiger partial charge in [-0.25, -0.2) is 4.79 Å². The number of rotatable bonds is 6. The molecule has 0 spiro atoms. The molecule has 118 valence electrons. The lowest BCUT2D eigenvalue weighted by molar-refractivity contribution is -0.129. The van der Waals surface area contributed by atoms with Crippen LogP contribution in [0.15, 0.2) is 24.3 Å². The molecule has 0 bridgehead atoms. The largest absolute Gasteiger partial charge is 0.462 e. The molecule has 0 saturated heterocycles. The van der Waals surface area contributed by atoms with Crippen molar-refractivity contribution in [3.63, 3.8) is 0 Å². The number of para-hydroxylation sites is 1. The Bertz CT molecular complexity index is 567. The molecule has 22 heavy (non-hydrogen) atoms. The molecule has 1 aromatic rings. The monoisotopic (exact) mass is 304 g/mol. The second kappa shape index (κ2) is 7.59. The molecule has 1 aromatic carbocycles. The average Bonchev–Trinajstić information content (AvgIpc) is 2.44. The van der Waals surface area contributed by atoms with E-state index in [0.717, 1.165) is 19.3 Å². The van der Waals surface area contributed by atoms with Crippen molar-refractivity contribution in [1.82, 2.24) is 5.32 Å². The molecule has 1 aliphatic rings. The summed E-state index contributed by atoms with van der Waals surface area (Å²) >= 11 is 0. The molecule has 0 heterocycles. The summed E-state index contributed by atoms with van der Waals surface area (Å²) in [5.41, 5.74) is 0.673. The highest BCUT2D eigenvalue weighted by atomic mass is 16.5. The summed E-state index contributed by atoms with van der Waals surface area (Å²) in [4.78, 5) is 35.4. The van der Waals surface area contributed by atoms with Crippen LogP contribution in [-0.2, 0) is 14.3 Å². The summed E-state index contributed by atoms with van der Waals surface area (Å²) < 4.78 is 4.94. The number of hydrogen-bond donors (Lipinski definition) is 2. The smallest absolute Gasteiger partial charge is 0.340 e. The summed E-state index contributed by atoms with van der Waals surface area (Å²) in [6.45, 7) is 1.88. The Labute approximate surface area is 129 Å². The Kier molecular flexibility index (Phi) is 5.52. The number of nitrogens with one attached hydrogen (secondary N) is 2. The number of carbonyl (C=O) groups excluding carboxylic acids is 3. The Morgan fingerprint density at radius 1 is 1.23 bits per heavy atom. The van der Waals surface area contributed by atoms with Crippen LogP contribution in [0, 0.1) is 5.92 Å². The normalized spacial score (nSPS) is 13.9. The predicted octanol–water partition coefficient (Wildman–Crippen LogP) is 1.72. The van der Waals surface area contributed by atoms with Crippen LogP contribution in [0.25, 0.3) is 0 Å². The molecule has 1 aliphatic carbocycles. The van der Waals surface area contributed by atoms with Crippen LogP contribution in [0.1, 0.15) is 36.5 Å². The van der Waals surface area contributed by atoms with Gasteiger partial charge < -0.3 is 15.4 Å². The van der Waals surface area contributed by atoms with E-state index in [1.165, 1.54) is 0 Å². The molecule has 2 amide bonds. The fourth-order valence-corrected chi connectivity index (χ4v) is 2.16. The van der Waals surface area contributed by atoms with Gasteiger partial charge in [0.05, 0.1) is 24.4 Å². The molecule has 6 nitrogen and oxygen atoms in total. The summed E-state index contributed by atoms with van der Waals surface area (Å²) in [6, 6.07) is 6.62. The van der Waals surface area contributed by atoms with Crippen LogP contribution in [0.2, 0.25) is 0 Å². The summed E-state index contributed by atoms with van der Waals surface area (Å²) in [7, 11) is 0. The van der Waals surface area contributed by atoms with Crippen molar-refractivity contribution in [3.8, 4) is 0 Å². The van der Waals surface area contributed by atoms with Crippen LogP contribution < -0.4 is 10.6 Å². The van der Waals surface area contributed by atoms with Gasteiger partial charge in [0.15, 0.2) is 0 Å². The van der Waals surface area contributed by atoms with E-state index < -0.39 is 5.97 Å². The molecular formula is C16H20N2O4. The predicted molar refractivity (Wildman–Crippen MR) is 81.4 cm³/mol. The summed E-state index contributed by atoms with van der Waals surface area (Å²) in [5, 5.41) is 5.24. The number of carbonyl (C=O) groups is 3. The van der Waals surface area contributed by atoms with Crippen molar-refractivity contribution in [2.75, 3.05) is 18.5 Å². The molecule has 0 aliphatic heterocycles. The lowest BCUT2D eigenvalue weighted by atomic mass is 9.85. The average molecular weight is 304 g/mol. The zero-order valence-corrected chi connectivity index (χ0v) is 12.6. The summed E-state index contributed by atoms with van der Waals surface area (Å²) in [5.74, 6) is -0.902. The van der Waals surface area contributed by atoms with Gasteiger partial charge in [0, 0.05) is 5.92 Å². The van der Waals surface area contributed by atoms with Gasteiger partial charge >= 0.3 is 5.97 Å². The van der Waals surface area contributed by atoms with E-state index in [-0.39, 0.29) is 30.9 Å². The van der Waals surface area contributed by atoms with Crippen molar-refractivity contribution in [1.29, 1.82) is 0 Å². The van der Waals surface area contributed by atoms with Crippen LogP contribution in [0.5, 0.6) is 0 Å². The van der Waals surface area contributed by atoms with E-state index in [0.29, 0.717) is 11.3 Å². The Balaban J connectivity index is 1.90. The molecule has 6 heteroatoms. The van der Waals surface area contributed by atoms with Gasteiger partial charge in [0.25, 0.3) is 0 Å². The maximum atomic E-state index is 11.9. The van der Waals surface area contributed by atoms with Crippen molar-refractivity contribution in [2.45, 2.75) is 26.2 Å². The van der Waals surface area contributed by atoms with Crippen LogP contribution in [-0.4, -0.2) is 30.9 Å². The fraction of sp³-hybridized carbons (Fsp3) is 0.438. The van der Waals surface area contributed by atoms with Crippen LogP contribution in [0.4, 0.5) is 5.69 Å². The quantitative estimate of drug-likeness (QED) is 0.784. The van der Waals surface area contributed by atoms with Gasteiger partial charge in [-0.1, -0.05) is 18.6 Å². The zero-order valence-electron chi connectivity index (χ0n) is 12.6. The van der Waals surface area contributed by atoms with Crippen molar-refractivity contribution in [2.24, 2.45) is 5.92 Å². The van der Waals surface area contributed by atoms with Gasteiger partial charge in [-0.05, 0) is 31.9 Å². The highest BCUT2D eigenvalue weighted by molar-refractivity contribution is 6.02. The number of hydrogen-bond acceptors (Lipinski definition) is 4. The lowest BCUT2D eigenvalue weighted by Gasteiger charge is -2.23. The highest BCUT2D eigenvalue weighted by Crippen LogP contribution is 2.26. The van der Waals surface area contributed by atoms with Crippen molar-refractivity contribution < 1.29 is 19.1 Å². The first-order valence-corrected chi connectivity index (χ1v) is 7.45. The Hall–Kier alpha value is -2.37. The standard InChI is InChI=1S/C16H20N2O4/c1-2-22-16(21)12-8-3-4-9-13(12)18-14(19)10-17-15(20)11-6-5-7-11/h3-4,8-9,11H,2,5-7,10H2,1H3,(H,17,20)(H,18,19). The van der Waals surface area contributed by atoms with Gasteiger partial charge in [-0.2, -0.15) is 0 Å². The molecular weight excluding hydrogens is 284 g/mol. The van der Waals surface area contributed by atoms with Crippen LogP contribution >= 0.6 is 0 Å². The Morgan fingerprint density at radius 3 is 2.59 bits per heavy atom. The minimum Gasteiger partial charge on any atom is -0.462 e. The van der Waals surface area contributed by atoms with E-state index >= 15 is 0 Å². The molecule has 1 fully saturated rings. The first kappa shape index (κ1) is 16.0. The third-order valence-electron chi connectivity index (χ3n) is 3.60. The van der Waals surface area contributed by atoms with Crippen molar-refractivity contribution in [3.05, 3.63) is 29.8 Å². The number of esters is 1. The van der Waals surface area contributed by atoms with E-state index in [2.05, 4.69) is 10.6 Å². The molecule has 2 N–H and O–H groups in total. The second-order valence-electron chi connectivity index (χ2n) is 5.16. The third kappa shape index (κ3) is 4.07. The maximum absolute atomic E-state index is 11.9. The van der Waals surface area contributed by atoms with E-state index in [4.69, 9.17) is 4.74 Å². The van der Waals surface area contributed by atoms with Gasteiger partial charge in [-0.15, -0.1) is 0 Å². The number of amides is 2. The number of anilines is 1. The molecule has 1 saturated carbocycles. The van der Waals surface area contributed by atoms with Crippen LogP contribution in [0.3, 0.4) is 0 Å². The highest BCUT2D eigenvalue weighted by Gasteiger charge is 2.25. The van der Waals surface area contributed by atoms with E-state index in [1.54, 1.807) is 31.2 Å². The maximum Gasteiger partial charge on any atom is 0.340 e. The molecule has 2 rings (SSSR count).